The van der Waals surface area contributed by atoms with Crippen molar-refractivity contribution in [3.8, 4) is 5.75 Å². The van der Waals surface area contributed by atoms with Crippen LogP contribution in [0.15, 0.2) is 24.3 Å². The SMILES string of the molecule is CC(C)Oc1cccc(CN2C[C@H]3CCC[C@H](C2)C3N2CCOCC2)c1. The highest BCUT2D eigenvalue weighted by atomic mass is 16.5. The van der Waals surface area contributed by atoms with Gasteiger partial charge in [0.15, 0.2) is 0 Å². The summed E-state index contributed by atoms with van der Waals surface area (Å²) < 4.78 is 11.5. The number of piperidine rings is 1. The molecule has 1 aliphatic carbocycles. The fourth-order valence-electron chi connectivity index (χ4n) is 5.35. The highest BCUT2D eigenvalue weighted by Crippen LogP contribution is 2.38. The molecule has 0 spiro atoms. The molecule has 144 valence electrons. The summed E-state index contributed by atoms with van der Waals surface area (Å²) in [4.78, 5) is 5.44. The van der Waals surface area contributed by atoms with Crippen molar-refractivity contribution in [2.75, 3.05) is 39.4 Å². The van der Waals surface area contributed by atoms with Gasteiger partial charge in [-0.25, -0.2) is 0 Å². The molecule has 0 unspecified atom stereocenters. The van der Waals surface area contributed by atoms with Crippen LogP contribution in [-0.4, -0.2) is 61.3 Å². The van der Waals surface area contributed by atoms with Crippen molar-refractivity contribution in [3.05, 3.63) is 29.8 Å². The maximum Gasteiger partial charge on any atom is 0.120 e. The van der Waals surface area contributed by atoms with E-state index in [2.05, 4.69) is 47.9 Å². The Bertz CT molecular complexity index is 571. The summed E-state index contributed by atoms with van der Waals surface area (Å²) in [5.41, 5.74) is 1.38. The first-order valence-corrected chi connectivity index (χ1v) is 10.5. The van der Waals surface area contributed by atoms with Gasteiger partial charge in [0.1, 0.15) is 5.75 Å². The number of rotatable bonds is 5. The van der Waals surface area contributed by atoms with Crippen molar-refractivity contribution in [1.82, 2.24) is 9.80 Å². The van der Waals surface area contributed by atoms with E-state index in [4.69, 9.17) is 9.47 Å². The van der Waals surface area contributed by atoms with E-state index in [9.17, 15) is 0 Å². The van der Waals surface area contributed by atoms with Gasteiger partial charge in [-0.3, -0.25) is 9.80 Å². The Kier molecular flexibility index (Phi) is 5.82. The van der Waals surface area contributed by atoms with Gasteiger partial charge in [0.25, 0.3) is 0 Å². The Morgan fingerprint density at radius 1 is 1.12 bits per heavy atom. The van der Waals surface area contributed by atoms with E-state index in [1.807, 2.05) is 0 Å². The second kappa shape index (κ2) is 8.28. The Balaban J connectivity index is 1.41. The molecule has 2 heterocycles. The van der Waals surface area contributed by atoms with E-state index in [1.165, 1.54) is 37.9 Å². The van der Waals surface area contributed by atoms with Gasteiger partial charge >= 0.3 is 0 Å². The van der Waals surface area contributed by atoms with E-state index in [0.717, 1.165) is 56.5 Å². The first-order chi connectivity index (χ1) is 12.7. The third-order valence-electron chi connectivity index (χ3n) is 6.24. The summed E-state index contributed by atoms with van der Waals surface area (Å²) in [6, 6.07) is 9.47. The summed E-state index contributed by atoms with van der Waals surface area (Å²) in [6.45, 7) is 11.8. The minimum Gasteiger partial charge on any atom is -0.491 e. The van der Waals surface area contributed by atoms with Crippen LogP contribution in [0.2, 0.25) is 0 Å². The summed E-state index contributed by atoms with van der Waals surface area (Å²) >= 11 is 0. The highest BCUT2D eigenvalue weighted by molar-refractivity contribution is 5.28. The van der Waals surface area contributed by atoms with Gasteiger partial charge in [-0.15, -0.1) is 0 Å². The first kappa shape index (κ1) is 18.3. The Morgan fingerprint density at radius 2 is 1.85 bits per heavy atom. The molecule has 4 rings (SSSR count). The predicted octanol–water partition coefficient (Wildman–Crippen LogP) is 3.41. The lowest BCUT2D eigenvalue weighted by molar-refractivity contribution is -0.0623. The normalized spacial score (nSPS) is 30.5. The molecule has 2 saturated heterocycles. The van der Waals surface area contributed by atoms with Gasteiger partial charge in [0, 0.05) is 38.8 Å². The summed E-state index contributed by atoms with van der Waals surface area (Å²) in [7, 11) is 0. The van der Waals surface area contributed by atoms with Gasteiger partial charge in [0.05, 0.1) is 19.3 Å². The molecule has 2 bridgehead atoms. The number of nitrogens with zero attached hydrogens (tertiary/aromatic N) is 2. The van der Waals surface area contributed by atoms with Crippen LogP contribution < -0.4 is 4.74 Å². The van der Waals surface area contributed by atoms with Crippen LogP contribution in [0.5, 0.6) is 5.75 Å². The summed E-state index contributed by atoms with van der Waals surface area (Å²) in [5.74, 6) is 2.66. The Morgan fingerprint density at radius 3 is 2.54 bits per heavy atom. The standard InChI is InChI=1S/C22H34N2O2/c1-17(2)26-21-8-3-5-18(13-21)14-23-15-19-6-4-7-20(16-23)22(19)24-9-11-25-12-10-24/h3,5,8,13,17,19-20,22H,4,6-7,9-12,14-16H2,1-2H3/t19-,20-/m1/s1. The molecule has 2 aliphatic heterocycles. The second-order valence-electron chi connectivity index (χ2n) is 8.60. The quantitative estimate of drug-likeness (QED) is 0.805. The third-order valence-corrected chi connectivity index (χ3v) is 6.24. The lowest BCUT2D eigenvalue weighted by Crippen LogP contribution is -2.59. The Hall–Kier alpha value is -1.10. The van der Waals surface area contributed by atoms with Crippen LogP contribution in [0, 0.1) is 11.8 Å². The highest BCUT2D eigenvalue weighted by Gasteiger charge is 2.42. The zero-order chi connectivity index (χ0) is 17.9. The molecule has 3 aliphatic rings. The molecule has 0 radical (unpaired) electrons. The lowest BCUT2D eigenvalue weighted by atomic mass is 9.72. The van der Waals surface area contributed by atoms with Crippen molar-refractivity contribution in [1.29, 1.82) is 0 Å². The number of fused-ring (bicyclic) bond motifs is 2. The zero-order valence-corrected chi connectivity index (χ0v) is 16.4. The molecule has 4 heteroatoms. The van der Waals surface area contributed by atoms with Crippen molar-refractivity contribution in [2.24, 2.45) is 11.8 Å². The topological polar surface area (TPSA) is 24.9 Å². The van der Waals surface area contributed by atoms with Gasteiger partial charge in [0.2, 0.25) is 0 Å². The van der Waals surface area contributed by atoms with E-state index >= 15 is 0 Å². The van der Waals surface area contributed by atoms with Crippen LogP contribution in [-0.2, 0) is 11.3 Å². The minimum absolute atomic E-state index is 0.230. The van der Waals surface area contributed by atoms with Crippen LogP contribution in [0.1, 0.15) is 38.7 Å². The van der Waals surface area contributed by atoms with Crippen LogP contribution >= 0.6 is 0 Å². The number of morpholine rings is 1. The minimum atomic E-state index is 0.230. The van der Waals surface area contributed by atoms with Gasteiger partial charge in [-0.2, -0.15) is 0 Å². The van der Waals surface area contributed by atoms with E-state index in [0.29, 0.717) is 0 Å². The van der Waals surface area contributed by atoms with Crippen molar-refractivity contribution < 1.29 is 9.47 Å². The lowest BCUT2D eigenvalue weighted by Gasteiger charge is -2.52. The van der Waals surface area contributed by atoms with Crippen molar-refractivity contribution in [3.63, 3.8) is 0 Å². The zero-order valence-electron chi connectivity index (χ0n) is 16.4. The molecular formula is C22H34N2O2. The number of likely N-dealkylation sites (tertiary alicyclic amines) is 1. The van der Waals surface area contributed by atoms with Crippen LogP contribution in [0.4, 0.5) is 0 Å². The van der Waals surface area contributed by atoms with E-state index in [1.54, 1.807) is 0 Å². The first-order valence-electron chi connectivity index (χ1n) is 10.5. The van der Waals surface area contributed by atoms with E-state index < -0.39 is 0 Å². The fourth-order valence-corrected chi connectivity index (χ4v) is 5.35. The second-order valence-corrected chi connectivity index (χ2v) is 8.60. The molecule has 0 N–H and O–H groups in total. The van der Waals surface area contributed by atoms with Crippen LogP contribution in [0.3, 0.4) is 0 Å². The third kappa shape index (κ3) is 4.24. The number of hydrogen-bond acceptors (Lipinski definition) is 4. The van der Waals surface area contributed by atoms with Crippen molar-refractivity contribution >= 4 is 0 Å². The Labute approximate surface area is 158 Å². The van der Waals surface area contributed by atoms with Crippen molar-refractivity contribution in [2.45, 2.75) is 51.8 Å². The average molecular weight is 359 g/mol. The molecule has 3 fully saturated rings. The largest absolute Gasteiger partial charge is 0.491 e. The molecule has 2 atom stereocenters. The molecule has 26 heavy (non-hydrogen) atoms. The number of hydrogen-bond donors (Lipinski definition) is 0. The van der Waals surface area contributed by atoms with E-state index in [-0.39, 0.29) is 6.10 Å². The molecular weight excluding hydrogens is 324 g/mol. The summed E-state index contributed by atoms with van der Waals surface area (Å²) in [5, 5.41) is 0. The molecule has 1 aromatic carbocycles. The maximum atomic E-state index is 5.88. The smallest absolute Gasteiger partial charge is 0.120 e. The predicted molar refractivity (Wildman–Crippen MR) is 104 cm³/mol. The molecule has 0 amide bonds. The van der Waals surface area contributed by atoms with Crippen LogP contribution in [0.25, 0.3) is 0 Å². The summed E-state index contributed by atoms with van der Waals surface area (Å²) in [6.07, 6.45) is 4.44. The van der Waals surface area contributed by atoms with Gasteiger partial charge in [-0.05, 0) is 56.2 Å². The maximum absolute atomic E-state index is 5.88. The van der Waals surface area contributed by atoms with Gasteiger partial charge < -0.3 is 9.47 Å². The molecule has 1 saturated carbocycles. The average Bonchev–Trinajstić information content (AvgIpc) is 2.61. The monoisotopic (exact) mass is 358 g/mol. The number of benzene rings is 1. The molecule has 0 aromatic heterocycles. The van der Waals surface area contributed by atoms with Gasteiger partial charge in [-0.1, -0.05) is 18.6 Å². The molecule has 1 aromatic rings. The number of ether oxygens (including phenoxy) is 2. The molecule has 4 nitrogen and oxygen atoms in total. The fraction of sp³-hybridized carbons (Fsp3) is 0.727.